The Morgan fingerprint density at radius 3 is 2.94 bits per heavy atom. The minimum atomic E-state index is -3.92. The number of hydrogen-bond donors (Lipinski definition) is 0. The van der Waals surface area contributed by atoms with Crippen molar-refractivity contribution in [1.82, 2.24) is 4.90 Å². The monoisotopic (exact) mass is 296 g/mol. The van der Waals surface area contributed by atoms with E-state index in [0.29, 0.717) is 18.8 Å². The lowest BCUT2D eigenvalue weighted by atomic mass is 10.4. The zero-order valence-electron chi connectivity index (χ0n) is 9.71. The second kappa shape index (κ2) is 6.60. The second-order valence-electron chi connectivity index (χ2n) is 3.39. The molecule has 0 saturated carbocycles. The van der Waals surface area contributed by atoms with Crippen LogP contribution in [-0.2, 0) is 23.5 Å². The Morgan fingerprint density at radius 1 is 1.61 bits per heavy atom. The van der Waals surface area contributed by atoms with Crippen molar-refractivity contribution in [3.8, 4) is 0 Å². The van der Waals surface area contributed by atoms with Crippen LogP contribution in [0.5, 0.6) is 0 Å². The van der Waals surface area contributed by atoms with Crippen molar-refractivity contribution in [2.24, 2.45) is 4.40 Å². The van der Waals surface area contributed by atoms with Crippen molar-refractivity contribution in [1.29, 1.82) is 0 Å². The summed E-state index contributed by atoms with van der Waals surface area (Å²) in [5.74, 6) is -0.152. The molecule has 1 aliphatic rings. The quantitative estimate of drug-likeness (QED) is 0.420. The maximum Gasteiger partial charge on any atom is 0.343 e. The summed E-state index contributed by atoms with van der Waals surface area (Å²) >= 11 is 0. The molecule has 7 nitrogen and oxygen atoms in total. The molecule has 0 N–H and O–H groups in total. The van der Waals surface area contributed by atoms with E-state index in [2.05, 4.69) is 9.13 Å². The first-order valence-electron chi connectivity index (χ1n) is 5.07. The van der Waals surface area contributed by atoms with E-state index in [9.17, 15) is 13.2 Å². The third kappa shape index (κ3) is 5.37. The Morgan fingerprint density at radius 2 is 2.33 bits per heavy atom. The summed E-state index contributed by atoms with van der Waals surface area (Å²) in [5.41, 5.74) is 0. The summed E-state index contributed by atoms with van der Waals surface area (Å²) < 4.78 is 34.3. The molecule has 1 rings (SSSR count). The molecule has 18 heavy (non-hydrogen) atoms. The molecule has 0 aliphatic carbocycles. The van der Waals surface area contributed by atoms with Gasteiger partial charge in [0.15, 0.2) is 6.61 Å². The maximum atomic E-state index is 10.8. The number of halogens is 1. The summed E-state index contributed by atoms with van der Waals surface area (Å²) in [6, 6.07) is 0. The fourth-order valence-electron chi connectivity index (χ4n) is 1.36. The van der Waals surface area contributed by atoms with Gasteiger partial charge < -0.3 is 14.4 Å². The van der Waals surface area contributed by atoms with E-state index in [1.807, 2.05) is 0 Å². The van der Waals surface area contributed by atoms with Crippen LogP contribution in [0.15, 0.2) is 16.9 Å². The van der Waals surface area contributed by atoms with Gasteiger partial charge in [0.1, 0.15) is 5.84 Å². The van der Waals surface area contributed by atoms with E-state index in [1.165, 1.54) is 19.6 Å². The van der Waals surface area contributed by atoms with E-state index in [-0.39, 0.29) is 6.61 Å². The minimum absolute atomic E-state index is 0.207. The van der Waals surface area contributed by atoms with E-state index < -0.39 is 15.2 Å². The lowest BCUT2D eigenvalue weighted by Crippen LogP contribution is -2.19. The average Bonchev–Trinajstić information content (AvgIpc) is 2.69. The van der Waals surface area contributed by atoms with Crippen LogP contribution in [0.4, 0.5) is 0 Å². The molecule has 0 aromatic heterocycles. The average molecular weight is 297 g/mol. The molecule has 0 aromatic carbocycles. The highest BCUT2D eigenvalue weighted by molar-refractivity contribution is 8.12. The standard InChI is InChI=1S/C9H13ClN2O5S/c1-16-9(13)7-17-6-5-12-4-2-3-8(12)11-18(10,14)15/h5-6H,2-4,7H2,1H3. The number of ether oxygens (including phenoxy) is 2. The first-order valence-corrected chi connectivity index (χ1v) is 7.34. The molecule has 0 unspecified atom stereocenters. The SMILES string of the molecule is COC(=O)COC=CN1CCCC1=NS(=O)(=O)Cl. The Kier molecular flexibility index (Phi) is 5.42. The van der Waals surface area contributed by atoms with E-state index in [0.717, 1.165) is 6.42 Å². The van der Waals surface area contributed by atoms with E-state index in [4.69, 9.17) is 15.4 Å². The van der Waals surface area contributed by atoms with Crippen molar-refractivity contribution >= 4 is 31.7 Å². The number of rotatable bonds is 5. The van der Waals surface area contributed by atoms with Gasteiger partial charge in [-0.3, -0.25) is 0 Å². The van der Waals surface area contributed by atoms with Crippen LogP contribution < -0.4 is 0 Å². The van der Waals surface area contributed by atoms with Crippen LogP contribution >= 0.6 is 10.7 Å². The molecular formula is C9H13ClN2O5S. The first-order chi connectivity index (χ1) is 8.42. The van der Waals surface area contributed by atoms with Gasteiger partial charge in [0.25, 0.3) is 0 Å². The molecule has 0 atom stereocenters. The number of amidine groups is 1. The molecule has 1 fully saturated rings. The Labute approximate surface area is 110 Å². The summed E-state index contributed by atoms with van der Waals surface area (Å²) in [4.78, 5) is 12.3. The van der Waals surface area contributed by atoms with Crippen molar-refractivity contribution in [2.45, 2.75) is 12.8 Å². The lowest BCUT2D eigenvalue weighted by Gasteiger charge is -2.11. The maximum absolute atomic E-state index is 10.8. The molecule has 0 amide bonds. The second-order valence-corrected chi connectivity index (χ2v) is 5.57. The summed E-state index contributed by atoms with van der Waals surface area (Å²) in [7, 11) is 2.38. The van der Waals surface area contributed by atoms with Crippen molar-refractivity contribution in [3.05, 3.63) is 12.5 Å². The number of carbonyl (C=O) groups excluding carboxylic acids is 1. The Hall–Kier alpha value is -1.28. The van der Waals surface area contributed by atoms with Gasteiger partial charge in [0.2, 0.25) is 0 Å². The third-order valence-electron chi connectivity index (χ3n) is 2.11. The van der Waals surface area contributed by atoms with Gasteiger partial charge in [-0.15, -0.1) is 4.40 Å². The number of methoxy groups -OCH3 is 1. The number of esters is 1. The molecule has 102 valence electrons. The topological polar surface area (TPSA) is 85.3 Å². The Balaban J connectivity index is 2.53. The fourth-order valence-corrected chi connectivity index (χ4v) is 2.04. The van der Waals surface area contributed by atoms with Gasteiger partial charge in [0, 0.05) is 29.8 Å². The van der Waals surface area contributed by atoms with Crippen molar-refractivity contribution < 1.29 is 22.7 Å². The predicted molar refractivity (Wildman–Crippen MR) is 65.3 cm³/mol. The molecular weight excluding hydrogens is 284 g/mol. The third-order valence-corrected chi connectivity index (χ3v) is 2.75. The van der Waals surface area contributed by atoms with Crippen molar-refractivity contribution in [2.75, 3.05) is 20.3 Å². The molecule has 0 spiro atoms. The fraction of sp³-hybridized carbons (Fsp3) is 0.556. The largest absolute Gasteiger partial charge is 0.488 e. The van der Waals surface area contributed by atoms with Crippen LogP contribution in [0.2, 0.25) is 0 Å². The first kappa shape index (κ1) is 14.8. The number of carbonyl (C=O) groups is 1. The highest BCUT2D eigenvalue weighted by Crippen LogP contribution is 2.14. The van der Waals surface area contributed by atoms with Gasteiger partial charge in [-0.25, -0.2) is 4.79 Å². The Bertz CT molecular complexity index is 460. The van der Waals surface area contributed by atoms with Gasteiger partial charge in [-0.2, -0.15) is 8.42 Å². The van der Waals surface area contributed by atoms with E-state index in [1.54, 1.807) is 4.90 Å². The van der Waals surface area contributed by atoms with Crippen molar-refractivity contribution in [3.63, 3.8) is 0 Å². The zero-order valence-corrected chi connectivity index (χ0v) is 11.3. The molecule has 9 heteroatoms. The van der Waals surface area contributed by atoms with Crippen LogP contribution in [0, 0.1) is 0 Å². The van der Waals surface area contributed by atoms with Crippen LogP contribution in [0.3, 0.4) is 0 Å². The zero-order chi connectivity index (χ0) is 13.6. The smallest absolute Gasteiger partial charge is 0.343 e. The minimum Gasteiger partial charge on any atom is -0.488 e. The summed E-state index contributed by atoms with van der Waals surface area (Å²) in [6.07, 6.45) is 4.06. The summed E-state index contributed by atoms with van der Waals surface area (Å²) in [5, 5.41) is 0. The van der Waals surface area contributed by atoms with Gasteiger partial charge >= 0.3 is 15.2 Å². The number of hydrogen-bond acceptors (Lipinski definition) is 5. The molecule has 1 aliphatic heterocycles. The highest BCUT2D eigenvalue weighted by Gasteiger charge is 2.19. The lowest BCUT2D eigenvalue weighted by molar-refractivity contribution is -0.144. The molecule has 1 saturated heterocycles. The number of likely N-dealkylation sites (tertiary alicyclic amines) is 1. The van der Waals surface area contributed by atoms with Gasteiger partial charge in [-0.1, -0.05) is 0 Å². The van der Waals surface area contributed by atoms with Crippen LogP contribution in [-0.4, -0.2) is 45.4 Å². The van der Waals surface area contributed by atoms with Gasteiger partial charge in [-0.05, 0) is 6.42 Å². The van der Waals surface area contributed by atoms with Crippen LogP contribution in [0.1, 0.15) is 12.8 Å². The van der Waals surface area contributed by atoms with E-state index >= 15 is 0 Å². The predicted octanol–water partition coefficient (Wildman–Crippen LogP) is 0.625. The normalized spacial score (nSPS) is 18.6. The molecule has 1 heterocycles. The van der Waals surface area contributed by atoms with Gasteiger partial charge in [0.05, 0.1) is 13.4 Å². The summed E-state index contributed by atoms with van der Waals surface area (Å²) in [6.45, 7) is 0.407. The molecule has 0 aromatic rings. The highest BCUT2D eigenvalue weighted by atomic mass is 35.7. The van der Waals surface area contributed by atoms with Crippen LogP contribution in [0.25, 0.3) is 0 Å². The number of nitrogens with zero attached hydrogens (tertiary/aromatic N) is 2. The molecule has 0 bridgehead atoms. The molecule has 0 radical (unpaired) electrons.